The minimum absolute atomic E-state index is 0.0139. The number of benzene rings is 3. The summed E-state index contributed by atoms with van der Waals surface area (Å²) in [6, 6.07) is 22.6. The summed E-state index contributed by atoms with van der Waals surface area (Å²) in [5, 5.41) is 5.60. The van der Waals surface area contributed by atoms with Gasteiger partial charge in [0.15, 0.2) is 0 Å². The van der Waals surface area contributed by atoms with Crippen molar-refractivity contribution in [3.05, 3.63) is 83.4 Å². The molecule has 1 N–H and O–H groups in total. The molecule has 1 fully saturated rings. The Morgan fingerprint density at radius 2 is 1.68 bits per heavy atom. The zero-order valence-electron chi connectivity index (χ0n) is 20.4. The maximum absolute atomic E-state index is 13.6. The van der Waals surface area contributed by atoms with Crippen LogP contribution in [-0.4, -0.2) is 28.8 Å². The molecule has 1 saturated carbocycles. The molecule has 0 aliphatic heterocycles. The largest absolute Gasteiger partial charge is 0.352 e. The van der Waals surface area contributed by atoms with E-state index in [4.69, 9.17) is 0 Å². The van der Waals surface area contributed by atoms with Crippen molar-refractivity contribution in [2.45, 2.75) is 77.4 Å². The monoisotopic (exact) mass is 456 g/mol. The van der Waals surface area contributed by atoms with Crippen molar-refractivity contribution in [3.8, 4) is 0 Å². The number of nitrogens with one attached hydrogen (secondary N) is 1. The Balaban J connectivity index is 1.53. The highest BCUT2D eigenvalue weighted by atomic mass is 16.2. The van der Waals surface area contributed by atoms with Gasteiger partial charge in [-0.15, -0.1) is 0 Å². The number of hydrogen-bond donors (Lipinski definition) is 1. The van der Waals surface area contributed by atoms with Crippen LogP contribution in [0.4, 0.5) is 0 Å². The Hall–Kier alpha value is -3.14. The van der Waals surface area contributed by atoms with Gasteiger partial charge in [0.1, 0.15) is 6.04 Å². The third-order valence-corrected chi connectivity index (χ3v) is 7.05. The SMILES string of the molecule is CC[C@H](C(=O)NC1CCCC1)N(Cc1ccc(C)cc1)C(=O)CCc1cccc2ccccc12. The predicted octanol–water partition coefficient (Wildman–Crippen LogP) is 5.95. The van der Waals surface area contributed by atoms with Crippen LogP contribution >= 0.6 is 0 Å². The van der Waals surface area contributed by atoms with Crippen LogP contribution in [0.5, 0.6) is 0 Å². The van der Waals surface area contributed by atoms with Gasteiger partial charge in [-0.3, -0.25) is 9.59 Å². The molecule has 0 radical (unpaired) electrons. The van der Waals surface area contributed by atoms with E-state index in [0.29, 0.717) is 25.8 Å². The van der Waals surface area contributed by atoms with Crippen LogP contribution in [0.3, 0.4) is 0 Å². The number of carbonyl (C=O) groups excluding carboxylic acids is 2. The van der Waals surface area contributed by atoms with Crippen LogP contribution in [-0.2, 0) is 22.6 Å². The number of rotatable bonds is 9. The second-order valence-corrected chi connectivity index (χ2v) is 9.56. The fourth-order valence-electron chi connectivity index (χ4n) is 5.07. The molecule has 0 saturated heterocycles. The summed E-state index contributed by atoms with van der Waals surface area (Å²) in [5.41, 5.74) is 3.41. The molecule has 4 rings (SSSR count). The molecule has 178 valence electrons. The highest BCUT2D eigenvalue weighted by Gasteiger charge is 2.30. The minimum atomic E-state index is -0.457. The van der Waals surface area contributed by atoms with Gasteiger partial charge < -0.3 is 10.2 Å². The average Bonchev–Trinajstić information content (AvgIpc) is 3.36. The summed E-state index contributed by atoms with van der Waals surface area (Å²) < 4.78 is 0. The Morgan fingerprint density at radius 3 is 2.41 bits per heavy atom. The van der Waals surface area contributed by atoms with E-state index >= 15 is 0 Å². The molecule has 1 aliphatic rings. The van der Waals surface area contributed by atoms with Gasteiger partial charge in [0, 0.05) is 19.0 Å². The lowest BCUT2D eigenvalue weighted by molar-refractivity contribution is -0.141. The molecule has 0 heterocycles. The second kappa shape index (κ2) is 11.3. The van der Waals surface area contributed by atoms with Gasteiger partial charge in [-0.2, -0.15) is 0 Å². The van der Waals surface area contributed by atoms with Crippen molar-refractivity contribution in [3.63, 3.8) is 0 Å². The maximum Gasteiger partial charge on any atom is 0.243 e. The Labute approximate surface area is 203 Å². The molecule has 2 amide bonds. The number of hydrogen-bond acceptors (Lipinski definition) is 2. The Kier molecular flexibility index (Phi) is 7.99. The summed E-state index contributed by atoms with van der Waals surface area (Å²) in [5.74, 6) is 0.0157. The van der Waals surface area contributed by atoms with E-state index in [1.54, 1.807) is 4.90 Å². The summed E-state index contributed by atoms with van der Waals surface area (Å²) >= 11 is 0. The van der Waals surface area contributed by atoms with Gasteiger partial charge in [-0.25, -0.2) is 0 Å². The van der Waals surface area contributed by atoms with E-state index in [0.717, 1.165) is 18.4 Å². The molecule has 1 atom stereocenters. The fraction of sp³-hybridized carbons (Fsp3) is 0.400. The van der Waals surface area contributed by atoms with Crippen molar-refractivity contribution in [2.24, 2.45) is 0 Å². The molecular formula is C30H36N2O2. The first-order chi connectivity index (χ1) is 16.5. The quantitative estimate of drug-likeness (QED) is 0.433. The van der Waals surface area contributed by atoms with Crippen LogP contribution in [0.25, 0.3) is 10.8 Å². The summed E-state index contributed by atoms with van der Waals surface area (Å²) in [6.07, 6.45) is 6.05. The molecule has 4 heteroatoms. The molecule has 0 unspecified atom stereocenters. The first-order valence-electron chi connectivity index (χ1n) is 12.7. The van der Waals surface area contributed by atoms with Gasteiger partial charge in [0.05, 0.1) is 0 Å². The van der Waals surface area contributed by atoms with E-state index in [-0.39, 0.29) is 17.9 Å². The third kappa shape index (κ3) is 5.85. The van der Waals surface area contributed by atoms with E-state index in [2.05, 4.69) is 66.8 Å². The maximum atomic E-state index is 13.6. The van der Waals surface area contributed by atoms with E-state index in [1.807, 2.05) is 19.1 Å². The zero-order chi connectivity index (χ0) is 23.9. The number of carbonyl (C=O) groups is 2. The van der Waals surface area contributed by atoms with Crippen LogP contribution < -0.4 is 5.32 Å². The minimum Gasteiger partial charge on any atom is -0.352 e. The van der Waals surface area contributed by atoms with Gasteiger partial charge in [0.2, 0.25) is 11.8 Å². The molecule has 1 aliphatic carbocycles. The summed E-state index contributed by atoms with van der Waals surface area (Å²) in [6.45, 7) is 4.51. The van der Waals surface area contributed by atoms with Gasteiger partial charge in [-0.1, -0.05) is 92.1 Å². The molecule has 0 bridgehead atoms. The number of fused-ring (bicyclic) bond motifs is 1. The van der Waals surface area contributed by atoms with Crippen molar-refractivity contribution in [2.75, 3.05) is 0 Å². The average molecular weight is 457 g/mol. The topological polar surface area (TPSA) is 49.4 Å². The first-order valence-corrected chi connectivity index (χ1v) is 12.7. The molecule has 3 aromatic carbocycles. The third-order valence-electron chi connectivity index (χ3n) is 7.05. The van der Waals surface area contributed by atoms with E-state index < -0.39 is 6.04 Å². The molecule has 0 aromatic heterocycles. The number of aryl methyl sites for hydroxylation is 2. The van der Waals surface area contributed by atoms with Gasteiger partial charge >= 0.3 is 0 Å². The highest BCUT2D eigenvalue weighted by molar-refractivity contribution is 5.89. The molecule has 3 aromatic rings. The zero-order valence-corrected chi connectivity index (χ0v) is 20.4. The van der Waals surface area contributed by atoms with Crippen molar-refractivity contribution < 1.29 is 9.59 Å². The number of nitrogens with zero attached hydrogens (tertiary/aromatic N) is 1. The Bertz CT molecular complexity index is 1110. The lowest BCUT2D eigenvalue weighted by Crippen LogP contribution is -2.51. The highest BCUT2D eigenvalue weighted by Crippen LogP contribution is 2.22. The van der Waals surface area contributed by atoms with Crippen molar-refractivity contribution in [1.29, 1.82) is 0 Å². The fourth-order valence-corrected chi connectivity index (χ4v) is 5.07. The lowest BCUT2D eigenvalue weighted by atomic mass is 10.00. The molecule has 4 nitrogen and oxygen atoms in total. The van der Waals surface area contributed by atoms with Crippen LogP contribution in [0.1, 0.15) is 62.1 Å². The van der Waals surface area contributed by atoms with Crippen molar-refractivity contribution in [1.82, 2.24) is 10.2 Å². The van der Waals surface area contributed by atoms with Gasteiger partial charge in [-0.05, 0) is 54.5 Å². The second-order valence-electron chi connectivity index (χ2n) is 9.56. The summed E-state index contributed by atoms with van der Waals surface area (Å²) in [7, 11) is 0. The first kappa shape index (κ1) is 24.0. The molecule has 34 heavy (non-hydrogen) atoms. The lowest BCUT2D eigenvalue weighted by Gasteiger charge is -2.31. The predicted molar refractivity (Wildman–Crippen MR) is 138 cm³/mol. The van der Waals surface area contributed by atoms with E-state index in [1.165, 1.54) is 34.7 Å². The van der Waals surface area contributed by atoms with Crippen LogP contribution in [0.2, 0.25) is 0 Å². The number of amides is 2. The van der Waals surface area contributed by atoms with Crippen LogP contribution in [0, 0.1) is 6.92 Å². The molecule has 0 spiro atoms. The van der Waals surface area contributed by atoms with Gasteiger partial charge in [0.25, 0.3) is 0 Å². The standard InChI is InChI=1S/C30H36N2O2/c1-3-28(30(34)31-26-12-5-6-13-26)32(21-23-17-15-22(2)16-18-23)29(33)20-19-25-11-8-10-24-9-4-7-14-27(24)25/h4,7-11,14-18,26,28H,3,5-6,12-13,19-21H2,1-2H3,(H,31,34)/t28-/m1/s1. The Morgan fingerprint density at radius 1 is 0.971 bits per heavy atom. The molecular weight excluding hydrogens is 420 g/mol. The normalized spacial score (nSPS) is 14.8. The van der Waals surface area contributed by atoms with E-state index in [9.17, 15) is 9.59 Å². The van der Waals surface area contributed by atoms with Crippen LogP contribution in [0.15, 0.2) is 66.7 Å². The summed E-state index contributed by atoms with van der Waals surface area (Å²) in [4.78, 5) is 28.7. The smallest absolute Gasteiger partial charge is 0.243 e. The van der Waals surface area contributed by atoms with Crippen molar-refractivity contribution >= 4 is 22.6 Å².